The zero-order valence-corrected chi connectivity index (χ0v) is 8.49. The minimum absolute atomic E-state index is 0.440. The summed E-state index contributed by atoms with van der Waals surface area (Å²) in [5, 5.41) is 8.35. The van der Waals surface area contributed by atoms with Gasteiger partial charge >= 0.3 is 11.9 Å². The van der Waals surface area contributed by atoms with Crippen molar-refractivity contribution in [1.29, 1.82) is 0 Å². The molecule has 1 aliphatic rings. The molecule has 4 heteroatoms. The van der Waals surface area contributed by atoms with E-state index in [0.717, 1.165) is 25.7 Å². The van der Waals surface area contributed by atoms with Crippen LogP contribution in [0.5, 0.6) is 0 Å². The van der Waals surface area contributed by atoms with E-state index in [1.807, 2.05) is 0 Å². The van der Waals surface area contributed by atoms with Gasteiger partial charge in [0.2, 0.25) is 0 Å². The minimum atomic E-state index is -1.14. The average molecular weight is 210 g/mol. The number of carboxylic acids is 1. The van der Waals surface area contributed by atoms with E-state index >= 15 is 0 Å². The van der Waals surface area contributed by atoms with Gasteiger partial charge in [0.15, 0.2) is 6.61 Å². The van der Waals surface area contributed by atoms with Crippen LogP contribution < -0.4 is 0 Å². The van der Waals surface area contributed by atoms with Gasteiger partial charge in [0.25, 0.3) is 0 Å². The van der Waals surface area contributed by atoms with Crippen molar-refractivity contribution in [3.63, 3.8) is 0 Å². The van der Waals surface area contributed by atoms with Crippen LogP contribution in [0.3, 0.4) is 0 Å². The summed E-state index contributed by atoms with van der Waals surface area (Å²) in [6, 6.07) is 0. The van der Waals surface area contributed by atoms with Crippen molar-refractivity contribution in [2.45, 2.75) is 32.1 Å². The molecule has 0 bridgehead atoms. The molecule has 0 heterocycles. The highest BCUT2D eigenvalue weighted by molar-refractivity contribution is 5.79. The molecule has 0 aliphatic heterocycles. The van der Waals surface area contributed by atoms with Gasteiger partial charge in [0.05, 0.1) is 0 Å². The van der Waals surface area contributed by atoms with Gasteiger partial charge in [-0.1, -0.05) is 18.8 Å². The molecule has 82 valence electrons. The normalized spacial score (nSPS) is 20.4. The number of carbonyl (C=O) groups is 2. The molecule has 0 saturated heterocycles. The first-order chi connectivity index (χ1) is 7.20. The topological polar surface area (TPSA) is 63.6 Å². The highest BCUT2D eigenvalue weighted by Crippen LogP contribution is 2.14. The monoisotopic (exact) mass is 210 g/mol. The summed E-state index contributed by atoms with van der Waals surface area (Å²) in [6.07, 6.45) is 4.57. The molecule has 0 amide bonds. The Bertz CT molecular complexity index is 297. The number of hydrogen-bond acceptors (Lipinski definition) is 3. The number of esters is 1. The molecule has 0 radical (unpaired) electrons. The van der Waals surface area contributed by atoms with Gasteiger partial charge in [-0.05, 0) is 12.8 Å². The Balaban J connectivity index is 2.45. The summed E-state index contributed by atoms with van der Waals surface area (Å²) in [5.41, 5.74) is 0. The van der Waals surface area contributed by atoms with Crippen LogP contribution in [0.2, 0.25) is 0 Å². The predicted octanol–water partition coefficient (Wildman–Crippen LogP) is 1.20. The molecule has 1 unspecified atom stereocenters. The van der Waals surface area contributed by atoms with E-state index in [2.05, 4.69) is 16.6 Å². The van der Waals surface area contributed by atoms with Crippen LogP contribution in [0, 0.1) is 17.8 Å². The molecule has 0 aromatic heterocycles. The Labute approximate surface area is 88.6 Å². The minimum Gasteiger partial charge on any atom is -0.479 e. The Morgan fingerprint density at radius 2 is 2.13 bits per heavy atom. The fourth-order valence-electron chi connectivity index (χ4n) is 1.42. The quantitative estimate of drug-likeness (QED) is 0.561. The van der Waals surface area contributed by atoms with E-state index in [0.29, 0.717) is 6.42 Å². The van der Waals surface area contributed by atoms with Crippen LogP contribution in [-0.4, -0.2) is 23.7 Å². The number of aliphatic carboxylic acids is 1. The van der Waals surface area contributed by atoms with Crippen LogP contribution in [0.1, 0.15) is 32.1 Å². The molecule has 0 aromatic carbocycles. The Morgan fingerprint density at radius 1 is 1.33 bits per heavy atom. The molecule has 0 aromatic rings. The lowest BCUT2D eigenvalue weighted by Gasteiger charge is -2.10. The van der Waals surface area contributed by atoms with Crippen LogP contribution in [0.4, 0.5) is 0 Å². The van der Waals surface area contributed by atoms with Crippen molar-refractivity contribution in [1.82, 2.24) is 0 Å². The van der Waals surface area contributed by atoms with Gasteiger partial charge in [0.1, 0.15) is 5.92 Å². The smallest absolute Gasteiger partial charge is 0.341 e. The third-order valence-corrected chi connectivity index (χ3v) is 2.19. The van der Waals surface area contributed by atoms with Crippen LogP contribution >= 0.6 is 0 Å². The maximum Gasteiger partial charge on any atom is 0.341 e. The lowest BCUT2D eigenvalue weighted by atomic mass is 9.98. The third-order valence-electron chi connectivity index (χ3n) is 2.19. The zero-order valence-electron chi connectivity index (χ0n) is 8.49. The van der Waals surface area contributed by atoms with Crippen molar-refractivity contribution in [3.05, 3.63) is 0 Å². The maximum atomic E-state index is 11.4. The van der Waals surface area contributed by atoms with E-state index in [1.165, 1.54) is 0 Å². The van der Waals surface area contributed by atoms with Gasteiger partial charge in [-0.3, -0.25) is 4.79 Å². The second-order valence-corrected chi connectivity index (χ2v) is 3.47. The van der Waals surface area contributed by atoms with Gasteiger partial charge in [-0.25, -0.2) is 4.79 Å². The molecule has 1 atom stereocenters. The summed E-state index contributed by atoms with van der Waals surface area (Å²) in [7, 11) is 0. The first kappa shape index (κ1) is 11.6. The van der Waals surface area contributed by atoms with Crippen LogP contribution in [0.15, 0.2) is 0 Å². The molecule has 1 aliphatic carbocycles. The third kappa shape index (κ3) is 4.50. The summed E-state index contributed by atoms with van der Waals surface area (Å²) < 4.78 is 4.60. The predicted molar refractivity (Wildman–Crippen MR) is 52.9 cm³/mol. The molecule has 0 saturated carbocycles. The van der Waals surface area contributed by atoms with E-state index in [1.54, 1.807) is 0 Å². The Kier molecular flexibility index (Phi) is 4.69. The Hall–Kier alpha value is -1.50. The molecule has 1 N–H and O–H groups in total. The fraction of sp³-hybridized carbons (Fsp3) is 0.636. The second kappa shape index (κ2) is 6.07. The zero-order chi connectivity index (χ0) is 11.1. The van der Waals surface area contributed by atoms with Gasteiger partial charge in [-0.2, -0.15) is 0 Å². The van der Waals surface area contributed by atoms with E-state index in [-0.39, 0.29) is 0 Å². The number of carboxylic acid groups (broad SMARTS) is 1. The Morgan fingerprint density at radius 3 is 2.87 bits per heavy atom. The first-order valence-corrected chi connectivity index (χ1v) is 5.07. The number of carbonyl (C=O) groups excluding carboxylic acids is 1. The first-order valence-electron chi connectivity index (χ1n) is 5.07. The maximum absolute atomic E-state index is 11.4. The number of hydrogen-bond donors (Lipinski definition) is 1. The molecular formula is C11H14O4. The number of ether oxygens (including phenoxy) is 1. The molecule has 0 spiro atoms. The molecular weight excluding hydrogens is 196 g/mol. The summed E-state index contributed by atoms with van der Waals surface area (Å²) in [5.74, 6) is 3.65. The standard InChI is InChI=1S/C11H14O4/c12-10(13)8-15-11(14)9-6-4-2-1-3-5-7-9/h9H,1-4,6,8H2,(H,12,13). The fourth-order valence-corrected chi connectivity index (χ4v) is 1.42. The summed E-state index contributed by atoms with van der Waals surface area (Å²) in [6.45, 7) is -0.572. The largest absolute Gasteiger partial charge is 0.479 e. The lowest BCUT2D eigenvalue weighted by Crippen LogP contribution is -2.20. The summed E-state index contributed by atoms with van der Waals surface area (Å²) in [4.78, 5) is 21.6. The van der Waals surface area contributed by atoms with Gasteiger partial charge < -0.3 is 9.84 Å². The molecule has 4 nitrogen and oxygen atoms in total. The van der Waals surface area contributed by atoms with Crippen molar-refractivity contribution in [2.24, 2.45) is 5.92 Å². The molecule has 1 rings (SSSR count). The van der Waals surface area contributed by atoms with Gasteiger partial charge in [-0.15, -0.1) is 5.92 Å². The van der Waals surface area contributed by atoms with E-state index in [9.17, 15) is 9.59 Å². The highest BCUT2D eigenvalue weighted by atomic mass is 16.5. The molecule has 0 fully saturated rings. The average Bonchev–Trinajstić information content (AvgIpc) is 2.13. The lowest BCUT2D eigenvalue weighted by molar-refractivity contribution is -0.157. The van der Waals surface area contributed by atoms with Crippen LogP contribution in [-0.2, 0) is 14.3 Å². The highest BCUT2D eigenvalue weighted by Gasteiger charge is 2.18. The van der Waals surface area contributed by atoms with E-state index in [4.69, 9.17) is 5.11 Å². The van der Waals surface area contributed by atoms with Crippen LogP contribution in [0.25, 0.3) is 0 Å². The molecule has 15 heavy (non-hydrogen) atoms. The summed E-state index contributed by atoms with van der Waals surface area (Å²) >= 11 is 0. The van der Waals surface area contributed by atoms with E-state index < -0.39 is 24.5 Å². The van der Waals surface area contributed by atoms with Crippen molar-refractivity contribution in [3.8, 4) is 11.8 Å². The number of rotatable bonds is 3. The van der Waals surface area contributed by atoms with Crippen molar-refractivity contribution >= 4 is 11.9 Å². The second-order valence-electron chi connectivity index (χ2n) is 3.47. The van der Waals surface area contributed by atoms with Crippen molar-refractivity contribution < 1.29 is 19.4 Å². The van der Waals surface area contributed by atoms with Gasteiger partial charge in [0, 0.05) is 6.42 Å². The SMILES string of the molecule is O=C(O)COC(=O)C1C#CCCCCC1. The van der Waals surface area contributed by atoms with Crippen molar-refractivity contribution in [2.75, 3.05) is 6.61 Å².